The number of benzene rings is 2. The summed E-state index contributed by atoms with van der Waals surface area (Å²) in [6.07, 6.45) is 0.319. The molecular formula is C21H22FN3OS. The van der Waals surface area contributed by atoms with E-state index in [-0.39, 0.29) is 11.7 Å². The Morgan fingerprint density at radius 3 is 2.52 bits per heavy atom. The number of thiazole rings is 1. The highest BCUT2D eigenvalue weighted by atomic mass is 32.1. The summed E-state index contributed by atoms with van der Waals surface area (Å²) in [6, 6.07) is 10.5. The van der Waals surface area contributed by atoms with Crippen molar-refractivity contribution < 1.29 is 9.18 Å². The van der Waals surface area contributed by atoms with E-state index >= 15 is 0 Å². The van der Waals surface area contributed by atoms with Crippen LogP contribution in [0.15, 0.2) is 36.4 Å². The molecule has 0 atom stereocenters. The largest absolute Gasteiger partial charge is 0.345 e. The van der Waals surface area contributed by atoms with Gasteiger partial charge in [-0.25, -0.2) is 9.37 Å². The molecule has 3 aromatic rings. The van der Waals surface area contributed by atoms with Crippen LogP contribution in [0.4, 0.5) is 9.52 Å². The van der Waals surface area contributed by atoms with Crippen molar-refractivity contribution >= 4 is 32.6 Å². The molecule has 6 heteroatoms. The molecule has 4 nitrogen and oxygen atoms in total. The van der Waals surface area contributed by atoms with Crippen LogP contribution in [0, 0.1) is 19.7 Å². The number of amides is 1. The number of hydrogen-bond donors (Lipinski definition) is 0. The van der Waals surface area contributed by atoms with Crippen molar-refractivity contribution in [3.8, 4) is 0 Å². The van der Waals surface area contributed by atoms with E-state index in [1.165, 1.54) is 28.0 Å². The number of hydrogen-bond acceptors (Lipinski definition) is 4. The van der Waals surface area contributed by atoms with Gasteiger partial charge < -0.3 is 9.80 Å². The minimum absolute atomic E-state index is 0.0945. The van der Waals surface area contributed by atoms with Gasteiger partial charge in [-0.15, -0.1) is 0 Å². The van der Waals surface area contributed by atoms with Crippen LogP contribution in [0.2, 0.25) is 0 Å². The Balaban J connectivity index is 1.40. The SMILES string of the molecule is Cc1cc(C)c2sc(N3CCN(C(=O)Cc4ccc(F)cc4)CC3)nc2c1. The molecule has 1 amide bonds. The topological polar surface area (TPSA) is 36.4 Å². The van der Waals surface area contributed by atoms with Gasteiger partial charge in [-0.3, -0.25) is 4.79 Å². The van der Waals surface area contributed by atoms with E-state index < -0.39 is 0 Å². The fourth-order valence-corrected chi connectivity index (χ4v) is 4.60. The Hall–Kier alpha value is -2.47. The van der Waals surface area contributed by atoms with Crippen molar-refractivity contribution in [2.75, 3.05) is 31.1 Å². The smallest absolute Gasteiger partial charge is 0.227 e. The standard InChI is InChI=1S/C21H22FN3OS/c1-14-11-15(2)20-18(12-14)23-21(27-20)25-9-7-24(8-10-25)19(26)13-16-3-5-17(22)6-4-16/h3-6,11-12H,7-10,13H2,1-2H3. The number of nitrogens with zero attached hydrogens (tertiary/aromatic N) is 3. The van der Waals surface area contributed by atoms with E-state index in [4.69, 9.17) is 4.98 Å². The number of fused-ring (bicyclic) bond motifs is 1. The van der Waals surface area contributed by atoms with E-state index in [1.807, 2.05) is 4.90 Å². The van der Waals surface area contributed by atoms with Gasteiger partial charge in [0.1, 0.15) is 5.82 Å². The van der Waals surface area contributed by atoms with E-state index in [1.54, 1.807) is 23.5 Å². The molecule has 1 aromatic heterocycles. The second-order valence-electron chi connectivity index (χ2n) is 7.10. The summed E-state index contributed by atoms with van der Waals surface area (Å²) >= 11 is 1.73. The van der Waals surface area contributed by atoms with Crippen LogP contribution in [0.5, 0.6) is 0 Å². The van der Waals surface area contributed by atoms with Crippen LogP contribution < -0.4 is 4.90 Å². The molecule has 1 fully saturated rings. The Labute approximate surface area is 162 Å². The van der Waals surface area contributed by atoms with Crippen molar-refractivity contribution in [2.45, 2.75) is 20.3 Å². The van der Waals surface area contributed by atoms with Crippen molar-refractivity contribution in [3.05, 3.63) is 58.9 Å². The Bertz CT molecular complexity index is 975. The summed E-state index contributed by atoms with van der Waals surface area (Å²) in [5, 5.41) is 1.03. The average Bonchev–Trinajstić information content (AvgIpc) is 3.08. The van der Waals surface area contributed by atoms with Crippen LogP contribution >= 0.6 is 11.3 Å². The predicted molar refractivity (Wildman–Crippen MR) is 108 cm³/mol. The van der Waals surface area contributed by atoms with Gasteiger partial charge in [0.2, 0.25) is 5.91 Å². The molecule has 1 aliphatic rings. The van der Waals surface area contributed by atoms with Crippen LogP contribution in [0.1, 0.15) is 16.7 Å². The summed E-state index contributed by atoms with van der Waals surface area (Å²) in [5.41, 5.74) is 4.40. The number of piperazine rings is 1. The summed E-state index contributed by atoms with van der Waals surface area (Å²) in [6.45, 7) is 7.17. The van der Waals surface area contributed by atoms with Crippen LogP contribution in [-0.4, -0.2) is 42.0 Å². The van der Waals surface area contributed by atoms with Crippen LogP contribution in [0.3, 0.4) is 0 Å². The Kier molecular flexibility index (Phi) is 4.83. The van der Waals surface area contributed by atoms with Crippen molar-refractivity contribution in [1.82, 2.24) is 9.88 Å². The van der Waals surface area contributed by atoms with Gasteiger partial charge in [-0.1, -0.05) is 29.5 Å². The Morgan fingerprint density at radius 2 is 1.81 bits per heavy atom. The number of aromatic nitrogens is 1. The predicted octanol–water partition coefficient (Wildman–Crippen LogP) is 3.94. The molecular weight excluding hydrogens is 361 g/mol. The first-order valence-corrected chi connectivity index (χ1v) is 9.96. The maximum atomic E-state index is 13.0. The fourth-order valence-electron chi connectivity index (χ4n) is 3.54. The number of carbonyl (C=O) groups is 1. The van der Waals surface area contributed by atoms with Gasteiger partial charge in [-0.2, -0.15) is 0 Å². The molecule has 1 saturated heterocycles. The quantitative estimate of drug-likeness (QED) is 0.687. The third kappa shape index (κ3) is 3.81. The molecule has 1 aliphatic heterocycles. The second-order valence-corrected chi connectivity index (χ2v) is 8.08. The summed E-state index contributed by atoms with van der Waals surface area (Å²) in [7, 11) is 0. The molecule has 2 heterocycles. The summed E-state index contributed by atoms with van der Waals surface area (Å²) < 4.78 is 14.2. The molecule has 0 unspecified atom stereocenters. The number of aryl methyl sites for hydroxylation is 2. The zero-order chi connectivity index (χ0) is 19.0. The lowest BCUT2D eigenvalue weighted by atomic mass is 10.1. The number of anilines is 1. The minimum Gasteiger partial charge on any atom is -0.345 e. The molecule has 140 valence electrons. The normalized spacial score (nSPS) is 14.8. The Morgan fingerprint density at radius 1 is 1.11 bits per heavy atom. The van der Waals surface area contributed by atoms with Crippen LogP contribution in [0.25, 0.3) is 10.2 Å². The molecule has 0 N–H and O–H groups in total. The number of halogens is 1. The highest BCUT2D eigenvalue weighted by Gasteiger charge is 2.23. The molecule has 2 aromatic carbocycles. The van der Waals surface area contributed by atoms with E-state index in [2.05, 4.69) is 30.9 Å². The second kappa shape index (κ2) is 7.27. The van der Waals surface area contributed by atoms with E-state index in [0.29, 0.717) is 19.5 Å². The third-order valence-corrected chi connectivity index (χ3v) is 6.25. The monoisotopic (exact) mass is 383 g/mol. The first-order valence-electron chi connectivity index (χ1n) is 9.14. The van der Waals surface area contributed by atoms with Gasteiger partial charge in [0.25, 0.3) is 0 Å². The van der Waals surface area contributed by atoms with Crippen molar-refractivity contribution in [2.24, 2.45) is 0 Å². The summed E-state index contributed by atoms with van der Waals surface area (Å²) in [5.74, 6) is -0.182. The van der Waals surface area contributed by atoms with Crippen molar-refractivity contribution in [3.63, 3.8) is 0 Å². The van der Waals surface area contributed by atoms with Crippen molar-refractivity contribution in [1.29, 1.82) is 0 Å². The van der Waals surface area contributed by atoms with E-state index in [0.717, 1.165) is 29.3 Å². The molecule has 0 saturated carbocycles. The minimum atomic E-state index is -0.277. The first-order chi connectivity index (χ1) is 13.0. The number of carbonyl (C=O) groups excluding carboxylic acids is 1. The molecule has 4 rings (SSSR count). The van der Waals surface area contributed by atoms with Gasteiger partial charge in [0.15, 0.2) is 5.13 Å². The highest BCUT2D eigenvalue weighted by Crippen LogP contribution is 2.32. The lowest BCUT2D eigenvalue weighted by Gasteiger charge is -2.34. The maximum absolute atomic E-state index is 13.0. The lowest BCUT2D eigenvalue weighted by Crippen LogP contribution is -2.49. The van der Waals surface area contributed by atoms with E-state index in [9.17, 15) is 9.18 Å². The lowest BCUT2D eigenvalue weighted by molar-refractivity contribution is -0.130. The van der Waals surface area contributed by atoms with Gasteiger partial charge in [-0.05, 0) is 48.7 Å². The average molecular weight is 383 g/mol. The molecule has 0 aliphatic carbocycles. The molecule has 0 radical (unpaired) electrons. The fraction of sp³-hybridized carbons (Fsp3) is 0.333. The zero-order valence-corrected chi connectivity index (χ0v) is 16.4. The molecule has 0 spiro atoms. The van der Waals surface area contributed by atoms with Gasteiger partial charge in [0, 0.05) is 26.2 Å². The zero-order valence-electron chi connectivity index (χ0n) is 15.5. The third-order valence-electron chi connectivity index (χ3n) is 4.98. The summed E-state index contributed by atoms with van der Waals surface area (Å²) in [4.78, 5) is 21.5. The van der Waals surface area contributed by atoms with Gasteiger partial charge in [0.05, 0.1) is 16.6 Å². The van der Waals surface area contributed by atoms with Gasteiger partial charge >= 0.3 is 0 Å². The molecule has 27 heavy (non-hydrogen) atoms. The first kappa shape index (κ1) is 17.9. The maximum Gasteiger partial charge on any atom is 0.227 e. The van der Waals surface area contributed by atoms with Crippen LogP contribution in [-0.2, 0) is 11.2 Å². The highest BCUT2D eigenvalue weighted by molar-refractivity contribution is 7.22. The number of rotatable bonds is 3. The molecule has 0 bridgehead atoms.